The second-order valence-corrected chi connectivity index (χ2v) is 5.17. The van der Waals surface area contributed by atoms with Gasteiger partial charge in [0, 0.05) is 11.4 Å². The zero-order valence-electron chi connectivity index (χ0n) is 10.6. The first kappa shape index (κ1) is 13.0. The molecule has 1 atom stereocenters. The molecular weight excluding hydrogens is 276 g/mol. The van der Waals surface area contributed by atoms with Crippen LogP contribution >= 0.6 is 11.6 Å². The lowest BCUT2D eigenvalue weighted by molar-refractivity contribution is 0.178. The molecule has 1 aromatic heterocycles. The van der Waals surface area contributed by atoms with Crippen LogP contribution in [0.3, 0.4) is 0 Å². The number of H-pyrrole nitrogens is 2. The molecule has 2 aromatic carbocycles. The molecule has 0 radical (unpaired) electrons. The number of hydrogen-bond acceptors (Lipinski definition) is 2. The average molecular weight is 289 g/mol. The third-order valence-electron chi connectivity index (χ3n) is 3.27. The Morgan fingerprint density at radius 1 is 1.05 bits per heavy atom. The van der Waals surface area contributed by atoms with Crippen molar-refractivity contribution in [3.8, 4) is 0 Å². The standard InChI is InChI=1S/C15H13ClN2O2/c16-11-4-1-9(2-5-11)7-14(19)10-3-6-12-13(8-10)18-15(20)17-12/h1-6,8,14,19H,7H2,(H2,17,18,20). The van der Waals surface area contributed by atoms with Gasteiger partial charge in [-0.15, -0.1) is 0 Å². The average Bonchev–Trinajstić information content (AvgIpc) is 2.80. The van der Waals surface area contributed by atoms with Crippen molar-refractivity contribution < 1.29 is 5.11 Å². The minimum absolute atomic E-state index is 0.246. The lowest BCUT2D eigenvalue weighted by Gasteiger charge is -2.11. The van der Waals surface area contributed by atoms with E-state index in [9.17, 15) is 9.90 Å². The van der Waals surface area contributed by atoms with Gasteiger partial charge in [-0.2, -0.15) is 0 Å². The zero-order valence-corrected chi connectivity index (χ0v) is 11.3. The van der Waals surface area contributed by atoms with Crippen molar-refractivity contribution in [1.82, 2.24) is 9.97 Å². The summed E-state index contributed by atoms with van der Waals surface area (Å²) in [5.74, 6) is 0. The molecule has 102 valence electrons. The Balaban J connectivity index is 1.85. The molecule has 3 rings (SSSR count). The number of fused-ring (bicyclic) bond motifs is 1. The Hall–Kier alpha value is -2.04. The Morgan fingerprint density at radius 3 is 2.50 bits per heavy atom. The molecule has 0 saturated carbocycles. The number of aromatic nitrogens is 2. The van der Waals surface area contributed by atoms with E-state index in [1.807, 2.05) is 18.2 Å². The van der Waals surface area contributed by atoms with Gasteiger partial charge in [-0.3, -0.25) is 0 Å². The van der Waals surface area contributed by atoms with Crippen LogP contribution in [0, 0.1) is 0 Å². The highest BCUT2D eigenvalue weighted by Gasteiger charge is 2.10. The highest BCUT2D eigenvalue weighted by atomic mass is 35.5. The number of rotatable bonds is 3. The van der Waals surface area contributed by atoms with E-state index in [1.165, 1.54) is 0 Å². The summed E-state index contributed by atoms with van der Waals surface area (Å²) in [4.78, 5) is 16.6. The molecule has 20 heavy (non-hydrogen) atoms. The van der Waals surface area contributed by atoms with E-state index >= 15 is 0 Å². The van der Waals surface area contributed by atoms with Crippen LogP contribution in [0.2, 0.25) is 5.02 Å². The number of aromatic amines is 2. The molecule has 0 aliphatic rings. The van der Waals surface area contributed by atoms with Crippen LogP contribution < -0.4 is 5.69 Å². The SMILES string of the molecule is O=c1[nH]c2ccc(C(O)Cc3ccc(Cl)cc3)cc2[nH]1. The van der Waals surface area contributed by atoms with Crippen LogP contribution in [0.25, 0.3) is 11.0 Å². The van der Waals surface area contributed by atoms with Gasteiger partial charge in [0.25, 0.3) is 0 Å². The third kappa shape index (κ3) is 2.61. The van der Waals surface area contributed by atoms with E-state index in [1.54, 1.807) is 24.3 Å². The number of nitrogens with one attached hydrogen (secondary N) is 2. The normalized spacial score (nSPS) is 12.7. The van der Waals surface area contributed by atoms with Crippen molar-refractivity contribution >= 4 is 22.6 Å². The summed E-state index contributed by atoms with van der Waals surface area (Å²) in [5.41, 5.74) is 2.96. The van der Waals surface area contributed by atoms with Crippen molar-refractivity contribution in [2.45, 2.75) is 12.5 Å². The van der Waals surface area contributed by atoms with E-state index in [2.05, 4.69) is 9.97 Å². The molecule has 0 saturated heterocycles. The van der Waals surface area contributed by atoms with Crippen LogP contribution in [0.1, 0.15) is 17.2 Å². The molecule has 0 fully saturated rings. The van der Waals surface area contributed by atoms with E-state index < -0.39 is 6.10 Å². The molecule has 0 spiro atoms. The second-order valence-electron chi connectivity index (χ2n) is 4.73. The molecule has 4 nitrogen and oxygen atoms in total. The third-order valence-corrected chi connectivity index (χ3v) is 3.52. The van der Waals surface area contributed by atoms with E-state index in [-0.39, 0.29) is 5.69 Å². The summed E-state index contributed by atoms with van der Waals surface area (Å²) in [6, 6.07) is 12.8. The lowest BCUT2D eigenvalue weighted by Crippen LogP contribution is -2.01. The summed E-state index contributed by atoms with van der Waals surface area (Å²) in [7, 11) is 0. The maximum atomic E-state index is 11.2. The Kier molecular flexibility index (Phi) is 3.34. The molecule has 3 aromatic rings. The van der Waals surface area contributed by atoms with E-state index in [4.69, 9.17) is 11.6 Å². The Bertz CT molecular complexity index is 789. The van der Waals surface area contributed by atoms with Crippen molar-refractivity contribution in [2.24, 2.45) is 0 Å². The molecule has 0 aliphatic carbocycles. The van der Waals surface area contributed by atoms with Gasteiger partial charge in [-0.05, 0) is 35.4 Å². The molecule has 0 aliphatic heterocycles. The first-order chi connectivity index (χ1) is 9.61. The van der Waals surface area contributed by atoms with Gasteiger partial charge >= 0.3 is 5.69 Å². The van der Waals surface area contributed by atoms with Gasteiger partial charge < -0.3 is 15.1 Å². The van der Waals surface area contributed by atoms with Crippen molar-refractivity contribution in [1.29, 1.82) is 0 Å². The van der Waals surface area contributed by atoms with Gasteiger partial charge in [-0.1, -0.05) is 29.8 Å². The number of halogens is 1. The van der Waals surface area contributed by atoms with Crippen molar-refractivity contribution in [2.75, 3.05) is 0 Å². The first-order valence-electron chi connectivity index (χ1n) is 6.26. The van der Waals surface area contributed by atoms with Gasteiger partial charge in [0.15, 0.2) is 0 Å². The van der Waals surface area contributed by atoms with Gasteiger partial charge in [0.1, 0.15) is 0 Å². The fourth-order valence-corrected chi connectivity index (χ4v) is 2.35. The van der Waals surface area contributed by atoms with Crippen molar-refractivity contribution in [3.63, 3.8) is 0 Å². The fraction of sp³-hybridized carbons (Fsp3) is 0.133. The molecular formula is C15H13ClN2O2. The van der Waals surface area contributed by atoms with Gasteiger partial charge in [0.2, 0.25) is 0 Å². The van der Waals surface area contributed by atoms with E-state index in [0.29, 0.717) is 17.0 Å². The van der Waals surface area contributed by atoms with Crippen LogP contribution in [-0.4, -0.2) is 15.1 Å². The summed E-state index contributed by atoms with van der Waals surface area (Å²) >= 11 is 5.83. The maximum absolute atomic E-state index is 11.2. The molecule has 1 unspecified atom stereocenters. The molecule has 1 heterocycles. The van der Waals surface area contributed by atoms with Crippen molar-refractivity contribution in [3.05, 3.63) is 69.1 Å². The number of hydrogen-bond donors (Lipinski definition) is 3. The summed E-state index contributed by atoms with van der Waals surface area (Å²) < 4.78 is 0. The summed E-state index contributed by atoms with van der Waals surface area (Å²) in [6.07, 6.45) is -0.129. The summed E-state index contributed by atoms with van der Waals surface area (Å²) in [5, 5.41) is 10.9. The number of aliphatic hydroxyl groups is 1. The smallest absolute Gasteiger partial charge is 0.323 e. The quantitative estimate of drug-likeness (QED) is 0.693. The molecule has 0 bridgehead atoms. The van der Waals surface area contributed by atoms with Gasteiger partial charge in [0.05, 0.1) is 17.1 Å². The number of benzene rings is 2. The molecule has 0 amide bonds. The fourth-order valence-electron chi connectivity index (χ4n) is 2.22. The largest absolute Gasteiger partial charge is 0.388 e. The number of aliphatic hydroxyl groups excluding tert-OH is 1. The Morgan fingerprint density at radius 2 is 1.75 bits per heavy atom. The minimum Gasteiger partial charge on any atom is -0.388 e. The van der Waals surface area contributed by atoms with Crippen LogP contribution in [0.15, 0.2) is 47.3 Å². The Labute approximate surface area is 120 Å². The minimum atomic E-state index is -0.626. The highest BCUT2D eigenvalue weighted by Crippen LogP contribution is 2.21. The van der Waals surface area contributed by atoms with Crippen LogP contribution in [0.5, 0.6) is 0 Å². The summed E-state index contributed by atoms with van der Waals surface area (Å²) in [6.45, 7) is 0. The lowest BCUT2D eigenvalue weighted by atomic mass is 10.0. The van der Waals surface area contributed by atoms with Crippen LogP contribution in [-0.2, 0) is 6.42 Å². The highest BCUT2D eigenvalue weighted by molar-refractivity contribution is 6.30. The predicted molar refractivity (Wildman–Crippen MR) is 79.0 cm³/mol. The zero-order chi connectivity index (χ0) is 14.1. The monoisotopic (exact) mass is 288 g/mol. The maximum Gasteiger partial charge on any atom is 0.323 e. The van der Waals surface area contributed by atoms with Gasteiger partial charge in [-0.25, -0.2) is 4.79 Å². The first-order valence-corrected chi connectivity index (χ1v) is 6.64. The second kappa shape index (κ2) is 5.15. The predicted octanol–water partition coefficient (Wildman–Crippen LogP) is 2.79. The molecule has 5 heteroatoms. The molecule has 3 N–H and O–H groups in total. The topological polar surface area (TPSA) is 68.9 Å². The van der Waals surface area contributed by atoms with Crippen LogP contribution in [0.4, 0.5) is 0 Å². The van der Waals surface area contributed by atoms with E-state index in [0.717, 1.165) is 16.6 Å². The number of imidazole rings is 1.